The van der Waals surface area contributed by atoms with Gasteiger partial charge in [0.1, 0.15) is 6.33 Å². The fourth-order valence-electron chi connectivity index (χ4n) is 3.57. The summed E-state index contributed by atoms with van der Waals surface area (Å²) in [5.74, 6) is -0.918. The summed E-state index contributed by atoms with van der Waals surface area (Å²) in [7, 11) is 0. The number of nitrogens with zero attached hydrogens (tertiary/aromatic N) is 4. The van der Waals surface area contributed by atoms with E-state index in [9.17, 15) is 13.6 Å². The van der Waals surface area contributed by atoms with Crippen LogP contribution in [0.3, 0.4) is 0 Å². The lowest BCUT2D eigenvalue weighted by Gasteiger charge is -2.31. The molecular formula is C23H24F2N6O2. The molecule has 0 aliphatic carbocycles. The number of halogens is 2. The zero-order valence-corrected chi connectivity index (χ0v) is 18.1. The standard InChI is InChI=1S/C23H24F2N6O2/c1-15(32)28-17-3-2-4-18(12-17)29-22-26-14-27-23(30-22)31-9-7-19(8-10-31)33-13-16-5-6-20(24)21(25)11-16/h2-6,11-12,14,19H,7-10,13H2,1H3,(H,28,32)(H,26,27,29,30). The minimum absolute atomic E-state index is 0.0188. The van der Waals surface area contributed by atoms with Gasteiger partial charge in [0, 0.05) is 31.4 Å². The normalized spacial score (nSPS) is 14.2. The summed E-state index contributed by atoms with van der Waals surface area (Å²) in [4.78, 5) is 26.3. The molecule has 1 aliphatic heterocycles. The molecule has 1 fully saturated rings. The van der Waals surface area contributed by atoms with Crippen molar-refractivity contribution in [1.82, 2.24) is 15.0 Å². The highest BCUT2D eigenvalue weighted by molar-refractivity contribution is 5.89. The molecule has 1 aromatic heterocycles. The highest BCUT2D eigenvalue weighted by Crippen LogP contribution is 2.22. The van der Waals surface area contributed by atoms with E-state index in [1.807, 2.05) is 12.1 Å². The number of benzene rings is 2. The van der Waals surface area contributed by atoms with Gasteiger partial charge in [-0.3, -0.25) is 4.79 Å². The van der Waals surface area contributed by atoms with Gasteiger partial charge in [0.25, 0.3) is 0 Å². The van der Waals surface area contributed by atoms with Crippen LogP contribution in [0.1, 0.15) is 25.3 Å². The van der Waals surface area contributed by atoms with Crippen LogP contribution in [0.5, 0.6) is 0 Å². The van der Waals surface area contributed by atoms with Crippen molar-refractivity contribution in [2.75, 3.05) is 28.6 Å². The average molecular weight is 454 g/mol. The van der Waals surface area contributed by atoms with Gasteiger partial charge >= 0.3 is 0 Å². The van der Waals surface area contributed by atoms with Crippen molar-refractivity contribution in [3.8, 4) is 0 Å². The largest absolute Gasteiger partial charge is 0.373 e. The summed E-state index contributed by atoms with van der Waals surface area (Å²) in [5, 5.41) is 5.87. The average Bonchev–Trinajstić information content (AvgIpc) is 2.80. The second-order valence-corrected chi connectivity index (χ2v) is 7.74. The second kappa shape index (κ2) is 10.3. The first kappa shape index (κ1) is 22.5. The third kappa shape index (κ3) is 6.19. The number of ether oxygens (including phenoxy) is 1. The number of carbonyl (C=O) groups excluding carboxylic acids is 1. The highest BCUT2D eigenvalue weighted by atomic mass is 19.2. The maximum atomic E-state index is 13.3. The lowest BCUT2D eigenvalue weighted by Crippen LogP contribution is -2.38. The number of hydrogen-bond donors (Lipinski definition) is 2. The molecule has 0 unspecified atom stereocenters. The van der Waals surface area contributed by atoms with E-state index < -0.39 is 11.6 Å². The number of hydrogen-bond acceptors (Lipinski definition) is 7. The molecule has 1 saturated heterocycles. The molecule has 2 aromatic carbocycles. The van der Waals surface area contributed by atoms with E-state index >= 15 is 0 Å². The Kier molecular flexibility index (Phi) is 7.04. The molecule has 0 bridgehead atoms. The van der Waals surface area contributed by atoms with Crippen molar-refractivity contribution >= 4 is 29.2 Å². The van der Waals surface area contributed by atoms with Gasteiger partial charge < -0.3 is 20.3 Å². The number of anilines is 4. The smallest absolute Gasteiger partial charge is 0.231 e. The van der Waals surface area contributed by atoms with Crippen molar-refractivity contribution in [3.63, 3.8) is 0 Å². The van der Waals surface area contributed by atoms with Crippen LogP contribution < -0.4 is 15.5 Å². The lowest BCUT2D eigenvalue weighted by atomic mass is 10.1. The molecule has 10 heteroatoms. The molecule has 4 rings (SSSR count). The van der Waals surface area contributed by atoms with E-state index in [-0.39, 0.29) is 18.6 Å². The highest BCUT2D eigenvalue weighted by Gasteiger charge is 2.22. The molecule has 1 amide bonds. The Morgan fingerprint density at radius 3 is 2.64 bits per heavy atom. The number of aromatic nitrogens is 3. The molecule has 0 radical (unpaired) electrons. The number of rotatable bonds is 7. The molecule has 2 heterocycles. The Morgan fingerprint density at radius 1 is 1.09 bits per heavy atom. The van der Waals surface area contributed by atoms with Gasteiger partial charge in [-0.15, -0.1) is 0 Å². The van der Waals surface area contributed by atoms with Gasteiger partial charge in [-0.2, -0.15) is 4.98 Å². The van der Waals surface area contributed by atoms with Crippen molar-refractivity contribution in [2.45, 2.75) is 32.5 Å². The van der Waals surface area contributed by atoms with Gasteiger partial charge in [0.15, 0.2) is 11.6 Å². The summed E-state index contributed by atoms with van der Waals surface area (Å²) in [5.41, 5.74) is 2.02. The molecule has 0 saturated carbocycles. The van der Waals surface area contributed by atoms with Gasteiger partial charge in [-0.1, -0.05) is 12.1 Å². The Bertz CT molecular complexity index is 1120. The molecule has 0 spiro atoms. The van der Waals surface area contributed by atoms with Gasteiger partial charge in [-0.25, -0.2) is 18.7 Å². The van der Waals surface area contributed by atoms with Crippen LogP contribution in [0.15, 0.2) is 48.8 Å². The Hall–Kier alpha value is -3.66. The lowest BCUT2D eigenvalue weighted by molar-refractivity contribution is -0.114. The monoisotopic (exact) mass is 454 g/mol. The quantitative estimate of drug-likeness (QED) is 0.557. The van der Waals surface area contributed by atoms with Crippen LogP contribution in [0, 0.1) is 11.6 Å². The van der Waals surface area contributed by atoms with E-state index in [0.717, 1.165) is 30.7 Å². The minimum Gasteiger partial charge on any atom is -0.373 e. The second-order valence-electron chi connectivity index (χ2n) is 7.74. The number of nitrogens with one attached hydrogen (secondary N) is 2. The Labute approximate surface area is 190 Å². The van der Waals surface area contributed by atoms with Crippen molar-refractivity contribution in [1.29, 1.82) is 0 Å². The van der Waals surface area contributed by atoms with Gasteiger partial charge in [0.05, 0.1) is 12.7 Å². The van der Waals surface area contributed by atoms with Crippen LogP contribution in [0.2, 0.25) is 0 Å². The van der Waals surface area contributed by atoms with E-state index in [2.05, 4.69) is 30.5 Å². The summed E-state index contributed by atoms with van der Waals surface area (Å²) in [6.07, 6.45) is 2.99. The molecule has 172 valence electrons. The SMILES string of the molecule is CC(=O)Nc1cccc(Nc2ncnc(N3CCC(OCc4ccc(F)c(F)c4)CC3)n2)c1. The van der Waals surface area contributed by atoms with E-state index in [1.165, 1.54) is 19.3 Å². The van der Waals surface area contributed by atoms with Crippen LogP contribution in [0.4, 0.5) is 32.1 Å². The predicted molar refractivity (Wildman–Crippen MR) is 120 cm³/mol. The first-order valence-corrected chi connectivity index (χ1v) is 10.6. The molecular weight excluding hydrogens is 430 g/mol. The van der Waals surface area contributed by atoms with Crippen LogP contribution >= 0.6 is 0 Å². The first-order chi connectivity index (χ1) is 16.0. The molecule has 0 atom stereocenters. The Balaban J connectivity index is 1.31. The van der Waals surface area contributed by atoms with Gasteiger partial charge in [0.2, 0.25) is 17.8 Å². The zero-order valence-electron chi connectivity index (χ0n) is 18.1. The first-order valence-electron chi connectivity index (χ1n) is 10.6. The van der Waals surface area contributed by atoms with Crippen molar-refractivity contribution < 1.29 is 18.3 Å². The maximum Gasteiger partial charge on any atom is 0.231 e. The molecule has 33 heavy (non-hydrogen) atoms. The van der Waals surface area contributed by atoms with Crippen LogP contribution in [-0.2, 0) is 16.1 Å². The number of carbonyl (C=O) groups is 1. The summed E-state index contributed by atoms with van der Waals surface area (Å²) >= 11 is 0. The predicted octanol–water partition coefficient (Wildman–Crippen LogP) is 4.04. The Morgan fingerprint density at radius 2 is 1.88 bits per heavy atom. The fraction of sp³-hybridized carbons (Fsp3) is 0.304. The summed E-state index contributed by atoms with van der Waals surface area (Å²) in [6, 6.07) is 11.1. The zero-order chi connectivity index (χ0) is 23.2. The minimum atomic E-state index is -0.869. The van der Waals surface area contributed by atoms with E-state index in [4.69, 9.17) is 4.74 Å². The summed E-state index contributed by atoms with van der Waals surface area (Å²) < 4.78 is 32.3. The fourth-order valence-corrected chi connectivity index (χ4v) is 3.57. The topological polar surface area (TPSA) is 92.3 Å². The van der Waals surface area contributed by atoms with E-state index in [1.54, 1.807) is 12.1 Å². The molecule has 8 nitrogen and oxygen atoms in total. The molecule has 1 aliphatic rings. The van der Waals surface area contributed by atoms with Crippen LogP contribution in [0.25, 0.3) is 0 Å². The molecule has 2 N–H and O–H groups in total. The third-order valence-electron chi connectivity index (χ3n) is 5.19. The third-order valence-corrected chi connectivity index (χ3v) is 5.19. The maximum absolute atomic E-state index is 13.3. The van der Waals surface area contributed by atoms with Crippen LogP contribution in [-0.4, -0.2) is 40.1 Å². The summed E-state index contributed by atoms with van der Waals surface area (Å²) in [6.45, 7) is 3.09. The van der Waals surface area contributed by atoms with Gasteiger partial charge in [-0.05, 0) is 48.7 Å². The van der Waals surface area contributed by atoms with Crippen molar-refractivity contribution in [2.24, 2.45) is 0 Å². The number of amides is 1. The number of piperidine rings is 1. The molecule has 3 aromatic rings. The van der Waals surface area contributed by atoms with Crippen molar-refractivity contribution in [3.05, 3.63) is 66.0 Å². The van der Waals surface area contributed by atoms with E-state index in [0.29, 0.717) is 36.2 Å².